The molecule has 4 N–H and O–H groups in total. The van der Waals surface area contributed by atoms with Crippen molar-refractivity contribution in [3.8, 4) is 0 Å². The van der Waals surface area contributed by atoms with Gasteiger partial charge in [0.05, 0.1) is 6.42 Å². The molecule has 0 spiro atoms. The maximum Gasteiger partial charge on any atom is 0.227 e. The highest BCUT2D eigenvalue weighted by molar-refractivity contribution is 5.98. The number of nitrogens with one attached hydrogen (secondary N) is 1. The molecule has 1 aliphatic rings. The number of hydrogen-bond donors (Lipinski definition) is 3. The molecule has 1 fully saturated rings. The molecule has 0 aromatic rings. The van der Waals surface area contributed by atoms with Crippen LogP contribution in [0.4, 0.5) is 0 Å². The van der Waals surface area contributed by atoms with Gasteiger partial charge in [0.2, 0.25) is 5.91 Å². The molecule has 0 aliphatic heterocycles. The Hall–Kier alpha value is -1.26. The zero-order valence-electron chi connectivity index (χ0n) is 9.07. The van der Waals surface area contributed by atoms with E-state index in [1.165, 1.54) is 6.42 Å². The second-order valence-electron chi connectivity index (χ2n) is 4.30. The lowest BCUT2D eigenvalue weighted by atomic mass is 9.87. The van der Waals surface area contributed by atoms with Crippen LogP contribution in [0.3, 0.4) is 0 Å². The number of oxime groups is 1. The molecule has 0 saturated heterocycles. The van der Waals surface area contributed by atoms with E-state index in [0.29, 0.717) is 5.92 Å². The van der Waals surface area contributed by atoms with Crippen LogP contribution in [0.1, 0.15) is 39.0 Å². The molecule has 0 aromatic heterocycles. The highest BCUT2D eigenvalue weighted by Crippen LogP contribution is 2.23. The van der Waals surface area contributed by atoms with E-state index in [1.54, 1.807) is 0 Å². The van der Waals surface area contributed by atoms with Crippen LogP contribution in [-0.4, -0.2) is 23.0 Å². The maximum absolute atomic E-state index is 11.4. The first-order valence-corrected chi connectivity index (χ1v) is 5.37. The molecular weight excluding hydrogens is 194 g/mol. The zero-order valence-corrected chi connectivity index (χ0v) is 9.07. The fourth-order valence-corrected chi connectivity index (χ4v) is 2.04. The van der Waals surface area contributed by atoms with Crippen LogP contribution in [0.5, 0.6) is 0 Å². The molecule has 1 amide bonds. The summed E-state index contributed by atoms with van der Waals surface area (Å²) in [5, 5.41) is 14.0. The molecule has 0 heterocycles. The van der Waals surface area contributed by atoms with Crippen molar-refractivity contribution in [2.75, 3.05) is 0 Å². The van der Waals surface area contributed by atoms with Crippen LogP contribution in [0.25, 0.3) is 0 Å². The Morgan fingerprint density at radius 2 is 2.33 bits per heavy atom. The molecule has 1 saturated carbocycles. The maximum atomic E-state index is 11.4. The van der Waals surface area contributed by atoms with E-state index in [0.717, 1.165) is 19.3 Å². The molecule has 0 aromatic carbocycles. The molecule has 1 rings (SSSR count). The molecule has 0 radical (unpaired) electrons. The van der Waals surface area contributed by atoms with Gasteiger partial charge in [-0.1, -0.05) is 24.9 Å². The summed E-state index contributed by atoms with van der Waals surface area (Å²) in [7, 11) is 0. The topological polar surface area (TPSA) is 87.7 Å². The largest absolute Gasteiger partial charge is 0.409 e. The third-order valence-corrected chi connectivity index (χ3v) is 2.77. The lowest BCUT2D eigenvalue weighted by molar-refractivity contribution is -0.120. The minimum atomic E-state index is -0.163. The summed E-state index contributed by atoms with van der Waals surface area (Å²) < 4.78 is 0. The van der Waals surface area contributed by atoms with Crippen molar-refractivity contribution in [2.45, 2.75) is 45.1 Å². The Kier molecular flexibility index (Phi) is 4.39. The number of carbonyl (C=O) groups is 1. The summed E-state index contributed by atoms with van der Waals surface area (Å²) >= 11 is 0. The molecule has 15 heavy (non-hydrogen) atoms. The average Bonchev–Trinajstić information content (AvgIpc) is 2.17. The monoisotopic (exact) mass is 213 g/mol. The summed E-state index contributed by atoms with van der Waals surface area (Å²) in [5.74, 6) is 0.466. The zero-order chi connectivity index (χ0) is 11.3. The lowest BCUT2D eigenvalue weighted by Gasteiger charge is -2.27. The van der Waals surface area contributed by atoms with Crippen molar-refractivity contribution in [3.05, 3.63) is 0 Å². The number of carbonyl (C=O) groups excluding carboxylic acids is 1. The van der Waals surface area contributed by atoms with E-state index >= 15 is 0 Å². The molecule has 0 bridgehead atoms. The Labute approximate surface area is 89.7 Å². The third-order valence-electron chi connectivity index (χ3n) is 2.77. The van der Waals surface area contributed by atoms with Gasteiger partial charge in [0.15, 0.2) is 0 Å². The smallest absolute Gasteiger partial charge is 0.227 e. The summed E-state index contributed by atoms with van der Waals surface area (Å²) in [6.45, 7) is 2.20. The molecule has 2 unspecified atom stereocenters. The fraction of sp³-hybridized carbons (Fsp3) is 0.800. The highest BCUT2D eigenvalue weighted by Gasteiger charge is 2.20. The number of amides is 1. The van der Waals surface area contributed by atoms with Gasteiger partial charge in [0, 0.05) is 6.04 Å². The number of nitrogens with two attached hydrogens (primary N) is 1. The molecule has 5 heteroatoms. The summed E-state index contributed by atoms with van der Waals surface area (Å²) in [6.07, 6.45) is 4.44. The van der Waals surface area contributed by atoms with Gasteiger partial charge in [-0.05, 0) is 18.8 Å². The summed E-state index contributed by atoms with van der Waals surface area (Å²) in [4.78, 5) is 11.4. The Morgan fingerprint density at radius 3 is 2.93 bits per heavy atom. The molecule has 86 valence electrons. The number of rotatable bonds is 3. The highest BCUT2D eigenvalue weighted by atomic mass is 16.4. The van der Waals surface area contributed by atoms with Gasteiger partial charge >= 0.3 is 0 Å². The lowest BCUT2D eigenvalue weighted by Crippen LogP contribution is -2.39. The number of hydrogen-bond acceptors (Lipinski definition) is 3. The SMILES string of the molecule is CC1CCCC(NC(=O)C/C(N)=N/O)C1. The van der Waals surface area contributed by atoms with E-state index < -0.39 is 0 Å². The first kappa shape index (κ1) is 11.8. The van der Waals surface area contributed by atoms with Crippen molar-refractivity contribution < 1.29 is 10.0 Å². The Balaban J connectivity index is 2.31. The summed E-state index contributed by atoms with van der Waals surface area (Å²) in [6, 6.07) is 0.257. The number of amidine groups is 1. The van der Waals surface area contributed by atoms with Crippen LogP contribution < -0.4 is 11.1 Å². The van der Waals surface area contributed by atoms with E-state index in [9.17, 15) is 4.79 Å². The number of nitrogens with zero attached hydrogens (tertiary/aromatic N) is 1. The van der Waals surface area contributed by atoms with Crippen LogP contribution in [0.15, 0.2) is 5.16 Å². The van der Waals surface area contributed by atoms with Crippen LogP contribution in [-0.2, 0) is 4.79 Å². The predicted molar refractivity (Wildman–Crippen MR) is 57.6 cm³/mol. The first-order chi connectivity index (χ1) is 7.11. The minimum Gasteiger partial charge on any atom is -0.409 e. The standard InChI is InChI=1S/C10H19N3O2/c1-7-3-2-4-8(5-7)12-10(14)6-9(11)13-15/h7-8,15H,2-6H2,1H3,(H2,11,13)(H,12,14). The second-order valence-corrected chi connectivity index (χ2v) is 4.30. The van der Waals surface area contributed by atoms with E-state index in [4.69, 9.17) is 10.9 Å². The van der Waals surface area contributed by atoms with E-state index in [1.807, 2.05) is 0 Å². The normalized spacial score (nSPS) is 27.4. The van der Waals surface area contributed by atoms with Gasteiger partial charge in [0.1, 0.15) is 5.84 Å². The van der Waals surface area contributed by atoms with Crippen LogP contribution in [0, 0.1) is 5.92 Å². The molecule has 2 atom stereocenters. The molecule has 1 aliphatic carbocycles. The predicted octanol–water partition coefficient (Wildman–Crippen LogP) is 0.818. The first-order valence-electron chi connectivity index (χ1n) is 5.37. The Morgan fingerprint density at radius 1 is 1.60 bits per heavy atom. The quantitative estimate of drug-likeness (QED) is 0.281. The van der Waals surface area contributed by atoms with E-state index in [2.05, 4.69) is 17.4 Å². The average molecular weight is 213 g/mol. The van der Waals surface area contributed by atoms with Crippen LogP contribution in [0.2, 0.25) is 0 Å². The second kappa shape index (κ2) is 5.58. The Bertz CT molecular complexity index is 253. The van der Waals surface area contributed by atoms with Gasteiger partial charge < -0.3 is 16.3 Å². The van der Waals surface area contributed by atoms with Crippen molar-refractivity contribution in [1.82, 2.24) is 5.32 Å². The fourth-order valence-electron chi connectivity index (χ4n) is 2.04. The van der Waals surface area contributed by atoms with Crippen molar-refractivity contribution in [3.63, 3.8) is 0 Å². The van der Waals surface area contributed by atoms with Crippen molar-refractivity contribution >= 4 is 11.7 Å². The van der Waals surface area contributed by atoms with Gasteiger partial charge in [-0.15, -0.1) is 0 Å². The van der Waals surface area contributed by atoms with Gasteiger partial charge in [0.25, 0.3) is 0 Å². The van der Waals surface area contributed by atoms with Crippen LogP contribution >= 0.6 is 0 Å². The van der Waals surface area contributed by atoms with Crippen molar-refractivity contribution in [2.24, 2.45) is 16.8 Å². The third kappa shape index (κ3) is 4.18. The van der Waals surface area contributed by atoms with Gasteiger partial charge in [-0.2, -0.15) is 0 Å². The molecular formula is C10H19N3O2. The van der Waals surface area contributed by atoms with Gasteiger partial charge in [-0.25, -0.2) is 0 Å². The van der Waals surface area contributed by atoms with E-state index in [-0.39, 0.29) is 24.2 Å². The van der Waals surface area contributed by atoms with Crippen molar-refractivity contribution in [1.29, 1.82) is 0 Å². The molecule has 5 nitrogen and oxygen atoms in total. The van der Waals surface area contributed by atoms with Gasteiger partial charge in [-0.3, -0.25) is 4.79 Å². The summed E-state index contributed by atoms with van der Waals surface area (Å²) in [5.41, 5.74) is 5.25. The minimum absolute atomic E-state index is 0.0264.